The third-order valence-electron chi connectivity index (χ3n) is 22.1. The first-order valence-corrected chi connectivity index (χ1v) is 30.4. The van der Waals surface area contributed by atoms with Gasteiger partial charge in [-0.1, -0.05) is 173 Å². The van der Waals surface area contributed by atoms with Crippen LogP contribution >= 0.6 is 0 Å². The van der Waals surface area contributed by atoms with Crippen molar-refractivity contribution in [2.45, 2.75) is 232 Å². The van der Waals surface area contributed by atoms with Crippen LogP contribution in [0, 0.1) is 0 Å². The molecule has 2 atom stereocenters. The summed E-state index contributed by atoms with van der Waals surface area (Å²) >= 11 is 0. The molecule has 0 saturated heterocycles. The lowest BCUT2D eigenvalue weighted by atomic mass is 9.35. The standard InChI is InChI=1S/C74H89BN2O/c1-19-74(18)30-29-44(2)48-40-49-61(43-52(48)74)78-66-65(49)76(47-25-26-50-53(39-47)70(10,11)32-31-68(50,6)7)59-37-46(67(3,4)5)38-60-64(59)75(66)56-41-54-55(72(14,15)34-33-71(54,12)13)42-58(56)77(60)57-28-27-51-63(62(57)45-23-21-20-22-24-45)73(16,17)36-35-69(51,8)9/h20-28,37-44H,19,29-36H2,1-18H3/t44?,74-/m0/s1. The van der Waals surface area contributed by atoms with E-state index in [0.29, 0.717) is 5.92 Å². The van der Waals surface area contributed by atoms with Crippen molar-refractivity contribution in [3.8, 4) is 11.1 Å². The minimum atomic E-state index is -0.162. The van der Waals surface area contributed by atoms with Crippen LogP contribution in [0.4, 0.5) is 34.1 Å². The molecular weight excluding hydrogens is 944 g/mol. The van der Waals surface area contributed by atoms with Gasteiger partial charge in [0, 0.05) is 33.7 Å². The van der Waals surface area contributed by atoms with Crippen LogP contribution in [0.5, 0.6) is 0 Å². The van der Waals surface area contributed by atoms with Gasteiger partial charge in [0.05, 0.1) is 17.0 Å². The third kappa shape index (κ3) is 7.41. The summed E-state index contributed by atoms with van der Waals surface area (Å²) in [7, 11) is 0. The topological polar surface area (TPSA) is 19.6 Å². The molecular formula is C74H89BN2O. The van der Waals surface area contributed by atoms with E-state index in [1.54, 1.807) is 0 Å². The summed E-state index contributed by atoms with van der Waals surface area (Å²) in [4.78, 5) is 5.50. The highest BCUT2D eigenvalue weighted by Gasteiger charge is 2.51. The van der Waals surface area contributed by atoms with E-state index in [1.807, 2.05) is 0 Å². The van der Waals surface area contributed by atoms with Gasteiger partial charge in [-0.25, -0.2) is 0 Å². The van der Waals surface area contributed by atoms with Crippen molar-refractivity contribution in [2.24, 2.45) is 0 Å². The number of hydrogen-bond donors (Lipinski definition) is 0. The number of furan rings is 1. The highest BCUT2D eigenvalue weighted by Crippen LogP contribution is 2.58. The molecule has 13 rings (SSSR count). The van der Waals surface area contributed by atoms with Crippen molar-refractivity contribution in [1.82, 2.24) is 0 Å². The Morgan fingerprint density at radius 2 is 1.10 bits per heavy atom. The van der Waals surface area contributed by atoms with Gasteiger partial charge in [-0.3, -0.25) is 0 Å². The van der Waals surface area contributed by atoms with E-state index in [-0.39, 0.29) is 50.0 Å². The fourth-order valence-corrected chi connectivity index (χ4v) is 16.2. The number of nitrogens with zero attached hydrogens (tertiary/aromatic N) is 2. The van der Waals surface area contributed by atoms with Crippen molar-refractivity contribution in [3.63, 3.8) is 0 Å². The molecule has 0 radical (unpaired) electrons. The molecule has 7 aromatic rings. The second-order valence-electron chi connectivity index (χ2n) is 31.1. The van der Waals surface area contributed by atoms with Crippen molar-refractivity contribution in [3.05, 3.63) is 147 Å². The molecule has 4 aliphatic carbocycles. The monoisotopic (exact) mass is 1030 g/mol. The lowest BCUT2D eigenvalue weighted by Gasteiger charge is -2.48. The van der Waals surface area contributed by atoms with Gasteiger partial charge in [-0.15, -0.1) is 0 Å². The molecule has 78 heavy (non-hydrogen) atoms. The van der Waals surface area contributed by atoms with E-state index in [4.69, 9.17) is 4.42 Å². The Balaban J connectivity index is 1.22. The minimum Gasteiger partial charge on any atom is -0.468 e. The molecule has 0 amide bonds. The average Bonchev–Trinajstić information content (AvgIpc) is 2.32. The first kappa shape index (κ1) is 51.9. The van der Waals surface area contributed by atoms with Crippen LogP contribution in [0.25, 0.3) is 22.1 Å². The van der Waals surface area contributed by atoms with Crippen LogP contribution < -0.4 is 26.4 Å². The summed E-state index contributed by atoms with van der Waals surface area (Å²) < 4.78 is 7.91. The Hall–Kier alpha value is -5.48. The predicted octanol–water partition coefficient (Wildman–Crippen LogP) is 19.1. The molecule has 0 spiro atoms. The molecule has 0 saturated carbocycles. The number of anilines is 6. The van der Waals surface area contributed by atoms with Crippen LogP contribution in [0.1, 0.15) is 238 Å². The van der Waals surface area contributed by atoms with E-state index in [2.05, 4.69) is 231 Å². The van der Waals surface area contributed by atoms with E-state index < -0.39 is 0 Å². The Morgan fingerprint density at radius 3 is 1.73 bits per heavy atom. The first-order valence-electron chi connectivity index (χ1n) is 30.4. The quantitative estimate of drug-likeness (QED) is 0.164. The highest BCUT2D eigenvalue weighted by atomic mass is 16.3. The zero-order valence-corrected chi connectivity index (χ0v) is 51.1. The summed E-state index contributed by atoms with van der Waals surface area (Å²) in [6, 6.07) is 39.9. The van der Waals surface area contributed by atoms with Gasteiger partial charge in [0.2, 0.25) is 0 Å². The number of hydrogen-bond acceptors (Lipinski definition) is 3. The van der Waals surface area contributed by atoms with Crippen molar-refractivity contribution >= 4 is 68.4 Å². The molecule has 2 aliphatic heterocycles. The Morgan fingerprint density at radius 1 is 0.538 bits per heavy atom. The fourth-order valence-electron chi connectivity index (χ4n) is 16.2. The summed E-state index contributed by atoms with van der Waals surface area (Å²) in [5.74, 6) is 0.469. The van der Waals surface area contributed by atoms with Crippen molar-refractivity contribution < 1.29 is 4.42 Å². The van der Waals surface area contributed by atoms with Crippen molar-refractivity contribution in [1.29, 1.82) is 0 Å². The van der Waals surface area contributed by atoms with E-state index in [0.717, 1.165) is 43.3 Å². The van der Waals surface area contributed by atoms with Gasteiger partial charge in [-0.2, -0.15) is 0 Å². The number of fused-ring (bicyclic) bond motifs is 10. The Bertz CT molecular complexity index is 3660. The van der Waals surface area contributed by atoms with Gasteiger partial charge in [0.15, 0.2) is 0 Å². The smallest absolute Gasteiger partial charge is 0.297 e. The third-order valence-corrected chi connectivity index (χ3v) is 22.1. The molecule has 0 N–H and O–H groups in total. The zero-order chi connectivity index (χ0) is 55.4. The number of benzene rings is 6. The Kier molecular flexibility index (Phi) is 11.0. The molecule has 1 unspecified atom stereocenters. The summed E-state index contributed by atoms with van der Waals surface area (Å²) in [6.45, 7) is 44.4. The van der Waals surface area contributed by atoms with Gasteiger partial charge < -0.3 is 14.2 Å². The molecule has 0 fully saturated rings. The summed E-state index contributed by atoms with van der Waals surface area (Å²) in [5.41, 5.74) is 28.4. The summed E-state index contributed by atoms with van der Waals surface area (Å²) in [6.07, 6.45) is 10.5. The van der Waals surface area contributed by atoms with Gasteiger partial charge >= 0.3 is 0 Å². The lowest BCUT2D eigenvalue weighted by Crippen LogP contribution is -2.61. The molecule has 3 nitrogen and oxygen atoms in total. The zero-order valence-electron chi connectivity index (χ0n) is 51.1. The lowest BCUT2D eigenvalue weighted by molar-refractivity contribution is 0.332. The summed E-state index contributed by atoms with van der Waals surface area (Å²) in [5, 5.41) is 1.25. The molecule has 6 aromatic carbocycles. The predicted molar refractivity (Wildman–Crippen MR) is 336 cm³/mol. The van der Waals surface area contributed by atoms with Crippen LogP contribution in [0.3, 0.4) is 0 Å². The van der Waals surface area contributed by atoms with E-state index >= 15 is 0 Å². The maximum Gasteiger partial charge on any atom is 0.297 e. The Labute approximate surface area is 470 Å². The molecule has 6 aliphatic rings. The SMILES string of the molecule is CC[C@@]1(C)CCC(C)c2cc3c4c(oc3cc21)B1c2cc3c(cc2N(c2ccc5c(c2-c2ccccc2)C(C)(C)CCC5(C)C)c2cc(C(C)(C)C)cc(c21)N4c1ccc2c(c1)C(C)(C)CCC2(C)C)C(C)(C)CCC3(C)C. The van der Waals surface area contributed by atoms with E-state index in [1.165, 1.54) is 137 Å². The maximum atomic E-state index is 7.91. The van der Waals surface area contributed by atoms with Gasteiger partial charge in [0.25, 0.3) is 6.71 Å². The minimum absolute atomic E-state index is 0.00124. The van der Waals surface area contributed by atoms with Crippen molar-refractivity contribution in [2.75, 3.05) is 9.80 Å². The first-order chi connectivity index (χ1) is 36.5. The molecule has 404 valence electrons. The number of rotatable bonds is 4. The normalized spacial score (nSPS) is 23.4. The molecule has 4 heteroatoms. The second-order valence-corrected chi connectivity index (χ2v) is 31.1. The van der Waals surface area contributed by atoms with Crippen LogP contribution in [0.15, 0.2) is 101 Å². The fraction of sp³-hybridized carbons (Fsp3) is 0.486. The van der Waals surface area contributed by atoms with Crippen LogP contribution in [-0.2, 0) is 43.3 Å². The highest BCUT2D eigenvalue weighted by molar-refractivity contribution is 7.00. The molecule has 3 heterocycles. The van der Waals surface area contributed by atoms with Gasteiger partial charge in [0.1, 0.15) is 5.58 Å². The maximum absolute atomic E-state index is 7.91. The molecule has 0 bridgehead atoms. The van der Waals surface area contributed by atoms with E-state index in [9.17, 15) is 0 Å². The second kappa shape index (κ2) is 16.6. The van der Waals surface area contributed by atoms with Gasteiger partial charge in [-0.05, 0) is 222 Å². The van der Waals surface area contributed by atoms with Crippen LogP contribution in [0.2, 0.25) is 0 Å². The molecule has 1 aromatic heterocycles. The van der Waals surface area contributed by atoms with Crippen LogP contribution in [-0.4, -0.2) is 6.71 Å². The average molecular weight is 1030 g/mol. The largest absolute Gasteiger partial charge is 0.468 e.